The molecular weight excluding hydrogens is 246 g/mol. The highest BCUT2D eigenvalue weighted by atomic mass is 16.5. The van der Waals surface area contributed by atoms with E-state index in [4.69, 9.17) is 14.6 Å². The molecule has 0 aliphatic heterocycles. The highest BCUT2D eigenvalue weighted by molar-refractivity contribution is 5.95. The first-order chi connectivity index (χ1) is 9.19. The molecule has 0 heterocycles. The van der Waals surface area contributed by atoms with Crippen LogP contribution in [0.2, 0.25) is 0 Å². The van der Waals surface area contributed by atoms with Crippen molar-refractivity contribution in [3.8, 4) is 11.5 Å². The third kappa shape index (κ3) is 3.17. The quantitative estimate of drug-likeness (QED) is 0.842. The second-order valence-corrected chi connectivity index (χ2v) is 4.55. The zero-order chi connectivity index (χ0) is 13.8. The highest BCUT2D eigenvalue weighted by Crippen LogP contribution is 2.30. The number of carbonyl (C=O) groups excluding carboxylic acids is 1. The smallest absolute Gasteiger partial charge is 0.254 e. The van der Waals surface area contributed by atoms with Gasteiger partial charge in [0.05, 0.1) is 20.8 Å². The largest absolute Gasteiger partial charge is 0.497 e. The van der Waals surface area contributed by atoms with Crippen LogP contribution in [0.1, 0.15) is 23.2 Å². The Balaban J connectivity index is 2.25. The Kier molecular flexibility index (Phi) is 4.27. The van der Waals surface area contributed by atoms with Gasteiger partial charge in [0.15, 0.2) is 0 Å². The molecule has 0 bridgehead atoms. The summed E-state index contributed by atoms with van der Waals surface area (Å²) in [4.78, 5) is 14.2. The van der Waals surface area contributed by atoms with Crippen molar-refractivity contribution in [3.63, 3.8) is 0 Å². The van der Waals surface area contributed by atoms with Crippen molar-refractivity contribution in [3.05, 3.63) is 23.8 Å². The normalized spacial score (nSPS) is 14.1. The average Bonchev–Trinajstić information content (AvgIpc) is 3.27. The van der Waals surface area contributed by atoms with Crippen LogP contribution < -0.4 is 9.47 Å². The summed E-state index contributed by atoms with van der Waals surface area (Å²) in [6.45, 7) is 0.340. The van der Waals surface area contributed by atoms with E-state index in [0.717, 1.165) is 12.8 Å². The first-order valence-electron chi connectivity index (χ1n) is 6.34. The fourth-order valence-electron chi connectivity index (χ4n) is 2.04. The van der Waals surface area contributed by atoms with Crippen molar-refractivity contribution in [2.45, 2.75) is 18.9 Å². The van der Waals surface area contributed by atoms with Crippen LogP contribution in [0.4, 0.5) is 0 Å². The van der Waals surface area contributed by atoms with Gasteiger partial charge in [-0.25, -0.2) is 0 Å². The van der Waals surface area contributed by atoms with E-state index in [2.05, 4.69) is 0 Å². The number of hydrogen-bond donors (Lipinski definition) is 1. The number of aliphatic hydroxyl groups is 1. The molecule has 0 atom stereocenters. The van der Waals surface area contributed by atoms with Crippen LogP contribution in [0.3, 0.4) is 0 Å². The Bertz CT molecular complexity index is 435. The van der Waals surface area contributed by atoms with Crippen molar-refractivity contribution in [2.24, 2.45) is 0 Å². The number of methoxy groups -OCH3 is 2. The third-order valence-electron chi connectivity index (χ3n) is 3.19. The van der Waals surface area contributed by atoms with Crippen molar-refractivity contribution in [2.75, 3.05) is 27.4 Å². The summed E-state index contributed by atoms with van der Waals surface area (Å²) in [5.74, 6) is 1.08. The predicted octanol–water partition coefficient (Wildman–Crippen LogP) is 1.30. The van der Waals surface area contributed by atoms with Crippen LogP contribution in [0.25, 0.3) is 0 Å². The third-order valence-corrected chi connectivity index (χ3v) is 3.19. The van der Waals surface area contributed by atoms with Gasteiger partial charge in [0.2, 0.25) is 0 Å². The number of hydrogen-bond acceptors (Lipinski definition) is 4. The van der Waals surface area contributed by atoms with Gasteiger partial charge in [-0.1, -0.05) is 0 Å². The molecule has 1 aliphatic carbocycles. The van der Waals surface area contributed by atoms with Gasteiger partial charge < -0.3 is 19.5 Å². The molecule has 0 aromatic heterocycles. The summed E-state index contributed by atoms with van der Waals surface area (Å²) in [6, 6.07) is 5.37. The maximum atomic E-state index is 12.5. The standard InChI is InChI=1S/C14H19NO4/c1-18-12-7-10(8-13(9-12)19-2)14(17)15(5-6-16)11-3-4-11/h7-9,11,16H,3-6H2,1-2H3. The Morgan fingerprint density at radius 2 is 1.84 bits per heavy atom. The second kappa shape index (κ2) is 5.93. The highest BCUT2D eigenvalue weighted by Gasteiger charge is 2.32. The lowest BCUT2D eigenvalue weighted by Crippen LogP contribution is -2.35. The van der Waals surface area contributed by atoms with Crippen molar-refractivity contribution in [1.29, 1.82) is 0 Å². The zero-order valence-electron chi connectivity index (χ0n) is 11.3. The lowest BCUT2D eigenvalue weighted by atomic mass is 10.1. The molecule has 104 valence electrons. The van der Waals surface area contributed by atoms with E-state index >= 15 is 0 Å². The summed E-state index contributed by atoms with van der Waals surface area (Å²) in [6.07, 6.45) is 2.01. The second-order valence-electron chi connectivity index (χ2n) is 4.55. The molecule has 0 radical (unpaired) electrons. The van der Waals surface area contributed by atoms with Crippen LogP contribution in [0.15, 0.2) is 18.2 Å². The molecule has 5 nitrogen and oxygen atoms in total. The molecule has 0 unspecified atom stereocenters. The number of carbonyl (C=O) groups is 1. The number of nitrogens with zero attached hydrogens (tertiary/aromatic N) is 1. The van der Waals surface area contributed by atoms with Crippen molar-refractivity contribution >= 4 is 5.91 Å². The van der Waals surface area contributed by atoms with E-state index in [1.54, 1.807) is 37.3 Å². The zero-order valence-corrected chi connectivity index (χ0v) is 11.3. The maximum Gasteiger partial charge on any atom is 0.254 e. The number of rotatable bonds is 6. The molecule has 1 aliphatic rings. The summed E-state index contributed by atoms with van der Waals surface area (Å²) in [5, 5.41) is 9.07. The lowest BCUT2D eigenvalue weighted by Gasteiger charge is -2.21. The Morgan fingerprint density at radius 3 is 2.26 bits per heavy atom. The van der Waals surface area contributed by atoms with Gasteiger partial charge in [-0.2, -0.15) is 0 Å². The Labute approximate surface area is 112 Å². The topological polar surface area (TPSA) is 59.0 Å². The molecule has 1 amide bonds. The molecule has 1 fully saturated rings. The number of aliphatic hydroxyl groups excluding tert-OH is 1. The molecule has 1 N–H and O–H groups in total. The van der Waals surface area contributed by atoms with Crippen LogP contribution in [0, 0.1) is 0 Å². The molecule has 0 saturated heterocycles. The van der Waals surface area contributed by atoms with E-state index in [-0.39, 0.29) is 18.6 Å². The molecule has 0 spiro atoms. The molecule has 5 heteroatoms. The summed E-state index contributed by atoms with van der Waals surface area (Å²) >= 11 is 0. The minimum absolute atomic E-state index is 0.0245. The Hall–Kier alpha value is -1.75. The van der Waals surface area contributed by atoms with Crippen LogP contribution in [-0.4, -0.2) is 49.3 Å². The molecule has 1 aromatic rings. The van der Waals surface area contributed by atoms with E-state index in [1.807, 2.05) is 0 Å². The van der Waals surface area contributed by atoms with Gasteiger partial charge in [0.25, 0.3) is 5.91 Å². The minimum atomic E-state index is -0.0891. The van der Waals surface area contributed by atoms with Gasteiger partial charge in [-0.3, -0.25) is 4.79 Å². The molecular formula is C14H19NO4. The van der Waals surface area contributed by atoms with Gasteiger partial charge in [0, 0.05) is 24.2 Å². The number of benzene rings is 1. The predicted molar refractivity (Wildman–Crippen MR) is 70.7 cm³/mol. The lowest BCUT2D eigenvalue weighted by molar-refractivity contribution is 0.0707. The van der Waals surface area contributed by atoms with Gasteiger partial charge in [-0.15, -0.1) is 0 Å². The SMILES string of the molecule is COc1cc(OC)cc(C(=O)N(CCO)C2CC2)c1. The Morgan fingerprint density at radius 1 is 1.26 bits per heavy atom. The molecule has 19 heavy (non-hydrogen) atoms. The van der Waals surface area contributed by atoms with E-state index < -0.39 is 0 Å². The number of ether oxygens (including phenoxy) is 2. The van der Waals surface area contributed by atoms with Gasteiger partial charge in [-0.05, 0) is 25.0 Å². The van der Waals surface area contributed by atoms with E-state index in [9.17, 15) is 4.79 Å². The van der Waals surface area contributed by atoms with E-state index in [1.165, 1.54) is 0 Å². The summed E-state index contributed by atoms with van der Waals surface area (Å²) in [7, 11) is 3.10. The van der Waals surface area contributed by atoms with Gasteiger partial charge in [0.1, 0.15) is 11.5 Å². The fourth-order valence-corrected chi connectivity index (χ4v) is 2.04. The van der Waals surface area contributed by atoms with Crippen LogP contribution in [-0.2, 0) is 0 Å². The van der Waals surface area contributed by atoms with E-state index in [0.29, 0.717) is 23.6 Å². The van der Waals surface area contributed by atoms with Crippen molar-refractivity contribution < 1.29 is 19.4 Å². The van der Waals surface area contributed by atoms with Gasteiger partial charge >= 0.3 is 0 Å². The molecule has 2 rings (SSSR count). The first-order valence-corrected chi connectivity index (χ1v) is 6.34. The fraction of sp³-hybridized carbons (Fsp3) is 0.500. The summed E-state index contributed by atoms with van der Waals surface area (Å²) in [5.41, 5.74) is 0.525. The maximum absolute atomic E-state index is 12.5. The summed E-state index contributed by atoms with van der Waals surface area (Å²) < 4.78 is 10.3. The number of amides is 1. The molecule has 1 aromatic carbocycles. The first kappa shape index (κ1) is 13.7. The monoisotopic (exact) mass is 265 g/mol. The minimum Gasteiger partial charge on any atom is -0.497 e. The molecule has 1 saturated carbocycles. The van der Waals surface area contributed by atoms with Crippen LogP contribution >= 0.6 is 0 Å². The van der Waals surface area contributed by atoms with Crippen molar-refractivity contribution in [1.82, 2.24) is 4.90 Å². The average molecular weight is 265 g/mol. The van der Waals surface area contributed by atoms with Crippen LogP contribution in [0.5, 0.6) is 11.5 Å².